The summed E-state index contributed by atoms with van der Waals surface area (Å²) >= 11 is 2.94. The van der Waals surface area contributed by atoms with E-state index in [1.54, 1.807) is 30.4 Å². The molecule has 1 aliphatic rings. The van der Waals surface area contributed by atoms with Gasteiger partial charge >= 0.3 is 0 Å². The van der Waals surface area contributed by atoms with Crippen LogP contribution in [0.1, 0.15) is 22.8 Å². The quantitative estimate of drug-likeness (QED) is 0.408. The fourth-order valence-corrected chi connectivity index (χ4v) is 5.97. The van der Waals surface area contributed by atoms with Crippen LogP contribution in [0.15, 0.2) is 40.9 Å². The Hall–Kier alpha value is -2.17. The minimum Gasteiger partial charge on any atom is -0.304 e. The van der Waals surface area contributed by atoms with E-state index in [0.29, 0.717) is 29.4 Å². The largest absolute Gasteiger partial charge is 0.304 e. The summed E-state index contributed by atoms with van der Waals surface area (Å²) in [5.41, 5.74) is 2.18. The van der Waals surface area contributed by atoms with Gasteiger partial charge in [-0.1, -0.05) is 17.8 Å². The molecule has 1 aliphatic heterocycles. The molecule has 0 unspecified atom stereocenters. The summed E-state index contributed by atoms with van der Waals surface area (Å²) in [6, 6.07) is 9.22. The molecule has 7 nitrogen and oxygen atoms in total. The maximum atomic E-state index is 12.7. The average molecular weight is 449 g/mol. The number of aromatic nitrogens is 3. The number of ketones is 1. The second-order valence-electron chi connectivity index (χ2n) is 6.62. The molecule has 0 bridgehead atoms. The van der Waals surface area contributed by atoms with Crippen LogP contribution >= 0.6 is 23.1 Å². The normalized spacial score (nSPS) is 13.7. The van der Waals surface area contributed by atoms with E-state index < -0.39 is 10.0 Å². The molecule has 0 saturated heterocycles. The van der Waals surface area contributed by atoms with E-state index in [4.69, 9.17) is 0 Å². The number of rotatable bonds is 7. The van der Waals surface area contributed by atoms with E-state index >= 15 is 0 Å². The van der Waals surface area contributed by atoms with E-state index in [0.717, 1.165) is 16.3 Å². The van der Waals surface area contributed by atoms with Gasteiger partial charge in [-0.3, -0.25) is 9.10 Å². The zero-order valence-corrected chi connectivity index (χ0v) is 18.5. The van der Waals surface area contributed by atoms with Crippen LogP contribution in [0.4, 0.5) is 5.69 Å². The fraction of sp³-hybridized carbons (Fsp3) is 0.316. The number of benzene rings is 1. The first-order chi connectivity index (χ1) is 13.9. The Kier molecular flexibility index (Phi) is 5.50. The van der Waals surface area contributed by atoms with E-state index in [1.165, 1.54) is 16.1 Å². The summed E-state index contributed by atoms with van der Waals surface area (Å²) in [6.45, 7) is 2.07. The number of thioether (sulfide) groups is 1. The molecule has 10 heteroatoms. The van der Waals surface area contributed by atoms with Gasteiger partial charge in [-0.2, -0.15) is 0 Å². The number of fused-ring (bicyclic) bond motifs is 1. The highest BCUT2D eigenvalue weighted by atomic mass is 32.2. The molecule has 0 amide bonds. The van der Waals surface area contributed by atoms with Gasteiger partial charge in [-0.25, -0.2) is 8.42 Å². The molecule has 0 aliphatic carbocycles. The Morgan fingerprint density at radius 3 is 2.83 bits per heavy atom. The van der Waals surface area contributed by atoms with Crippen molar-refractivity contribution in [3.8, 4) is 10.7 Å². The summed E-state index contributed by atoms with van der Waals surface area (Å²) in [4.78, 5) is 13.7. The van der Waals surface area contributed by atoms with Crippen molar-refractivity contribution in [1.82, 2.24) is 14.8 Å². The SMILES string of the molecule is CCS(=O)(=O)N1CCc2cc(C(=O)CSc3nnc(-c4cccs4)n3C)ccc21. The van der Waals surface area contributed by atoms with Crippen molar-refractivity contribution < 1.29 is 13.2 Å². The van der Waals surface area contributed by atoms with Gasteiger partial charge in [0.1, 0.15) is 0 Å². The lowest BCUT2D eigenvalue weighted by Crippen LogP contribution is -2.30. The van der Waals surface area contributed by atoms with Crippen LogP contribution in [-0.4, -0.2) is 47.0 Å². The smallest absolute Gasteiger partial charge is 0.234 e. The van der Waals surface area contributed by atoms with Crippen molar-refractivity contribution in [2.24, 2.45) is 7.05 Å². The molecule has 2 aromatic heterocycles. The van der Waals surface area contributed by atoms with Crippen molar-refractivity contribution in [3.63, 3.8) is 0 Å². The maximum Gasteiger partial charge on any atom is 0.234 e. The molecule has 0 N–H and O–H groups in total. The molecule has 0 saturated carbocycles. The summed E-state index contributed by atoms with van der Waals surface area (Å²) < 4.78 is 27.7. The van der Waals surface area contributed by atoms with E-state index in [2.05, 4.69) is 10.2 Å². The molecule has 0 fully saturated rings. The number of sulfonamides is 1. The maximum absolute atomic E-state index is 12.7. The molecule has 0 spiro atoms. The Bertz CT molecular complexity index is 1150. The van der Waals surface area contributed by atoms with E-state index in [1.807, 2.05) is 35.2 Å². The number of thiophene rings is 1. The van der Waals surface area contributed by atoms with Gasteiger partial charge in [-0.05, 0) is 48.6 Å². The fourth-order valence-electron chi connectivity index (χ4n) is 3.26. The highest BCUT2D eigenvalue weighted by Crippen LogP contribution is 2.32. The number of anilines is 1. The zero-order valence-electron chi connectivity index (χ0n) is 16.0. The van der Waals surface area contributed by atoms with Gasteiger partial charge in [0.25, 0.3) is 0 Å². The molecule has 0 atom stereocenters. The minimum atomic E-state index is -3.28. The van der Waals surface area contributed by atoms with Crippen LogP contribution in [0.2, 0.25) is 0 Å². The molecule has 0 radical (unpaired) electrons. The highest BCUT2D eigenvalue weighted by Gasteiger charge is 2.28. The molecular formula is C19H20N4O3S3. The van der Waals surface area contributed by atoms with Crippen molar-refractivity contribution in [3.05, 3.63) is 46.8 Å². The average Bonchev–Trinajstić information content (AvgIpc) is 3.45. The number of hydrogen-bond acceptors (Lipinski definition) is 7. The summed E-state index contributed by atoms with van der Waals surface area (Å²) in [7, 11) is -1.40. The molecular weight excluding hydrogens is 428 g/mol. The van der Waals surface area contributed by atoms with Gasteiger partial charge in [0.15, 0.2) is 16.8 Å². The Labute approximate surface area is 177 Å². The van der Waals surface area contributed by atoms with Crippen LogP contribution in [0.25, 0.3) is 10.7 Å². The Morgan fingerprint density at radius 1 is 1.28 bits per heavy atom. The number of carbonyl (C=O) groups is 1. The first kappa shape index (κ1) is 20.1. The number of carbonyl (C=O) groups excluding carboxylic acids is 1. The molecule has 3 heterocycles. The first-order valence-corrected chi connectivity index (χ1v) is 12.6. The van der Waals surface area contributed by atoms with Crippen LogP contribution in [-0.2, 0) is 23.5 Å². The van der Waals surface area contributed by atoms with Gasteiger partial charge in [0, 0.05) is 19.2 Å². The minimum absolute atomic E-state index is 0.0183. The van der Waals surface area contributed by atoms with Gasteiger partial charge in [0.05, 0.1) is 22.1 Å². The van der Waals surface area contributed by atoms with Crippen molar-refractivity contribution in [2.75, 3.05) is 22.4 Å². The second-order valence-corrected chi connectivity index (χ2v) is 10.7. The van der Waals surface area contributed by atoms with E-state index in [-0.39, 0.29) is 17.3 Å². The first-order valence-electron chi connectivity index (χ1n) is 9.13. The van der Waals surface area contributed by atoms with Crippen molar-refractivity contribution in [1.29, 1.82) is 0 Å². The van der Waals surface area contributed by atoms with Crippen molar-refractivity contribution >= 4 is 44.6 Å². The third kappa shape index (κ3) is 3.84. The lowest BCUT2D eigenvalue weighted by Gasteiger charge is -2.18. The van der Waals surface area contributed by atoms with Crippen LogP contribution < -0.4 is 4.31 Å². The number of nitrogens with zero attached hydrogens (tertiary/aromatic N) is 4. The second kappa shape index (κ2) is 7.92. The van der Waals surface area contributed by atoms with E-state index in [9.17, 15) is 13.2 Å². The molecule has 29 heavy (non-hydrogen) atoms. The van der Waals surface area contributed by atoms with Gasteiger partial charge < -0.3 is 4.57 Å². The number of Topliss-reactive ketones (excluding diaryl/α,β-unsaturated/α-hetero) is 1. The number of hydrogen-bond donors (Lipinski definition) is 0. The van der Waals surface area contributed by atoms with Gasteiger partial charge in [-0.15, -0.1) is 21.5 Å². The summed E-state index contributed by atoms with van der Waals surface area (Å²) in [5.74, 6) is 1.07. The topological polar surface area (TPSA) is 85.2 Å². The molecule has 4 rings (SSSR count). The molecule has 3 aromatic rings. The lowest BCUT2D eigenvalue weighted by atomic mass is 10.1. The van der Waals surface area contributed by atoms with Crippen LogP contribution in [0.3, 0.4) is 0 Å². The monoisotopic (exact) mass is 448 g/mol. The third-order valence-corrected chi connectivity index (χ3v) is 8.53. The van der Waals surface area contributed by atoms with Crippen LogP contribution in [0.5, 0.6) is 0 Å². The standard InChI is InChI=1S/C19H20N4O3S3/c1-3-29(25,26)23-9-8-13-11-14(6-7-15(13)23)16(24)12-28-19-21-20-18(22(19)2)17-5-4-10-27-17/h4-7,10-11H,3,8-9,12H2,1-2H3. The summed E-state index contributed by atoms with van der Waals surface area (Å²) in [5, 5.41) is 11.1. The predicted octanol–water partition coefficient (Wildman–Crippen LogP) is 3.23. The lowest BCUT2D eigenvalue weighted by molar-refractivity contribution is 0.102. The van der Waals surface area contributed by atoms with Crippen LogP contribution in [0, 0.1) is 0 Å². The summed E-state index contributed by atoms with van der Waals surface area (Å²) in [6.07, 6.45) is 0.621. The molecule has 1 aromatic carbocycles. The molecule has 152 valence electrons. The third-order valence-electron chi connectivity index (χ3n) is 4.86. The Balaban J connectivity index is 1.47. The van der Waals surface area contributed by atoms with Crippen molar-refractivity contribution in [2.45, 2.75) is 18.5 Å². The Morgan fingerprint density at radius 2 is 2.10 bits per heavy atom. The highest BCUT2D eigenvalue weighted by molar-refractivity contribution is 7.99. The predicted molar refractivity (Wildman–Crippen MR) is 116 cm³/mol. The zero-order chi connectivity index (χ0) is 20.6. The van der Waals surface area contributed by atoms with Gasteiger partial charge in [0.2, 0.25) is 10.0 Å².